The first kappa shape index (κ1) is 36.3. The number of hydrogen-bond acceptors (Lipinski definition) is 17. The molecule has 248 valence electrons. The van der Waals surface area contributed by atoms with Crippen molar-refractivity contribution in [1.82, 2.24) is 5.32 Å². The lowest BCUT2D eigenvalue weighted by atomic mass is 9.95. The van der Waals surface area contributed by atoms with Gasteiger partial charge in [-0.25, -0.2) is 0 Å². The Morgan fingerprint density at radius 2 is 1.00 bits per heavy atom. The first-order valence-corrected chi connectivity index (χ1v) is 13.4. The van der Waals surface area contributed by atoms with Crippen LogP contribution in [0.3, 0.4) is 0 Å². The van der Waals surface area contributed by atoms with Crippen LogP contribution in [0.15, 0.2) is 0 Å². The molecule has 1 amide bonds. The second kappa shape index (κ2) is 16.3. The van der Waals surface area contributed by atoms with Gasteiger partial charge in [0.1, 0.15) is 37.6 Å². The molecule has 0 bridgehead atoms. The van der Waals surface area contributed by atoms with Crippen molar-refractivity contribution in [3.63, 3.8) is 0 Å². The summed E-state index contributed by atoms with van der Waals surface area (Å²) in [6.07, 6.45) is -14.2. The number of hydrogen-bond donors (Lipinski definition) is 2. The standard InChI is InChI=1S/C26H37NO17/c1-10(28)27-19-22(39-14(5)32)20(17(42-25(19)35)8-36-11(2)29)44-26-24(41-16(7)34)23(40-15(6)33)21(38-13(4)31)18(43-26)9-37-12(3)30/h17-26,35H,8-9H2,1-7H3,(H,27,28)/t17-,18-,19-,20-,21+,22-,23+,24-,25?,26+/m1/s1. The summed E-state index contributed by atoms with van der Waals surface area (Å²) < 4.78 is 49.2. The van der Waals surface area contributed by atoms with Crippen molar-refractivity contribution >= 4 is 41.7 Å². The second-order valence-electron chi connectivity index (χ2n) is 9.84. The maximum Gasteiger partial charge on any atom is 0.303 e. The zero-order chi connectivity index (χ0) is 33.3. The van der Waals surface area contributed by atoms with E-state index in [-0.39, 0.29) is 0 Å². The average Bonchev–Trinajstić information content (AvgIpc) is 2.87. The third-order valence-electron chi connectivity index (χ3n) is 6.03. The van der Waals surface area contributed by atoms with Gasteiger partial charge in [0.15, 0.2) is 37.0 Å². The molecule has 0 radical (unpaired) electrons. The predicted molar refractivity (Wildman–Crippen MR) is 138 cm³/mol. The minimum absolute atomic E-state index is 0.559. The van der Waals surface area contributed by atoms with E-state index in [0.29, 0.717) is 0 Å². The minimum Gasteiger partial charge on any atom is -0.463 e. The SMILES string of the molecule is CC(=O)N[C@H]1C(O)O[C@H](COC(C)=O)[C@@H](O[C@@H]2O[C@H](COC(C)=O)[C@H](OC(C)=O)[C@H](OC(C)=O)[C@H]2OC(C)=O)[C@@H]1OC(C)=O. The minimum atomic E-state index is -1.79. The molecule has 2 saturated heterocycles. The van der Waals surface area contributed by atoms with Crippen LogP contribution in [0, 0.1) is 0 Å². The number of carbonyl (C=O) groups excluding carboxylic acids is 7. The summed E-state index contributed by atoms with van der Waals surface area (Å²) >= 11 is 0. The van der Waals surface area contributed by atoms with E-state index < -0.39 is 116 Å². The van der Waals surface area contributed by atoms with Gasteiger partial charge in [-0.2, -0.15) is 0 Å². The summed E-state index contributed by atoms with van der Waals surface area (Å²) in [4.78, 5) is 83.6. The summed E-state index contributed by atoms with van der Waals surface area (Å²) in [5.41, 5.74) is 0. The van der Waals surface area contributed by atoms with Gasteiger partial charge in [0.05, 0.1) is 0 Å². The fourth-order valence-electron chi connectivity index (χ4n) is 4.59. The highest BCUT2D eigenvalue weighted by Gasteiger charge is 2.56. The topological polar surface area (TPSA) is 235 Å². The summed E-state index contributed by atoms with van der Waals surface area (Å²) in [6.45, 7) is 6.33. The monoisotopic (exact) mass is 635 g/mol. The Kier molecular flexibility index (Phi) is 13.4. The molecular weight excluding hydrogens is 598 g/mol. The Morgan fingerprint density at radius 3 is 1.45 bits per heavy atom. The van der Waals surface area contributed by atoms with Crippen molar-refractivity contribution in [3.05, 3.63) is 0 Å². The average molecular weight is 636 g/mol. The van der Waals surface area contributed by atoms with E-state index in [4.69, 9.17) is 42.6 Å². The zero-order valence-corrected chi connectivity index (χ0v) is 25.2. The summed E-state index contributed by atoms with van der Waals surface area (Å²) in [5.74, 6) is -5.68. The smallest absolute Gasteiger partial charge is 0.303 e. The Labute approximate surface area is 251 Å². The Bertz CT molecular complexity index is 1090. The molecule has 0 spiro atoms. The van der Waals surface area contributed by atoms with Crippen molar-refractivity contribution in [1.29, 1.82) is 0 Å². The first-order valence-electron chi connectivity index (χ1n) is 13.4. The second-order valence-corrected chi connectivity index (χ2v) is 9.84. The van der Waals surface area contributed by atoms with Crippen LogP contribution in [0.25, 0.3) is 0 Å². The van der Waals surface area contributed by atoms with E-state index in [1.54, 1.807) is 0 Å². The summed E-state index contributed by atoms with van der Waals surface area (Å²) in [5, 5.41) is 13.1. The molecule has 2 aliphatic rings. The molecule has 10 atom stereocenters. The largest absolute Gasteiger partial charge is 0.463 e. The number of rotatable bonds is 11. The maximum absolute atomic E-state index is 12.2. The Balaban J connectivity index is 2.66. The lowest BCUT2D eigenvalue weighted by molar-refractivity contribution is -0.347. The van der Waals surface area contributed by atoms with Gasteiger partial charge in [-0.05, 0) is 0 Å². The number of amides is 1. The van der Waals surface area contributed by atoms with Crippen LogP contribution in [-0.2, 0) is 76.2 Å². The van der Waals surface area contributed by atoms with Gasteiger partial charge in [0, 0.05) is 48.5 Å². The maximum atomic E-state index is 12.2. The van der Waals surface area contributed by atoms with Gasteiger partial charge < -0.3 is 53.1 Å². The first-order chi connectivity index (χ1) is 20.5. The van der Waals surface area contributed by atoms with Crippen LogP contribution in [0.1, 0.15) is 48.5 Å². The van der Waals surface area contributed by atoms with Gasteiger partial charge in [0.2, 0.25) is 5.91 Å². The van der Waals surface area contributed by atoms with E-state index in [0.717, 1.165) is 48.5 Å². The van der Waals surface area contributed by atoms with E-state index >= 15 is 0 Å². The predicted octanol–water partition coefficient (Wildman–Crippen LogP) is -1.83. The molecule has 0 aromatic rings. The van der Waals surface area contributed by atoms with Crippen molar-refractivity contribution in [2.75, 3.05) is 13.2 Å². The van der Waals surface area contributed by atoms with Crippen LogP contribution >= 0.6 is 0 Å². The molecule has 44 heavy (non-hydrogen) atoms. The number of aliphatic hydroxyl groups is 1. The van der Waals surface area contributed by atoms with Crippen molar-refractivity contribution < 1.29 is 81.3 Å². The van der Waals surface area contributed by atoms with Gasteiger partial charge in [0.25, 0.3) is 0 Å². The van der Waals surface area contributed by atoms with Crippen LogP contribution < -0.4 is 5.32 Å². The molecular formula is C26H37NO17. The fourth-order valence-corrected chi connectivity index (χ4v) is 4.59. The van der Waals surface area contributed by atoms with Crippen molar-refractivity contribution in [2.45, 2.75) is 110 Å². The lowest BCUT2D eigenvalue weighted by Gasteiger charge is -2.48. The highest BCUT2D eigenvalue weighted by Crippen LogP contribution is 2.34. The molecule has 1 unspecified atom stereocenters. The zero-order valence-electron chi connectivity index (χ0n) is 25.2. The van der Waals surface area contributed by atoms with Gasteiger partial charge in [-0.1, -0.05) is 0 Å². The van der Waals surface area contributed by atoms with E-state index in [1.807, 2.05) is 0 Å². The van der Waals surface area contributed by atoms with Crippen molar-refractivity contribution in [3.8, 4) is 0 Å². The van der Waals surface area contributed by atoms with Crippen LogP contribution in [0.2, 0.25) is 0 Å². The number of aliphatic hydroxyl groups excluding tert-OH is 1. The molecule has 2 N–H and O–H groups in total. The number of nitrogens with one attached hydrogen (secondary N) is 1. The van der Waals surface area contributed by atoms with Crippen LogP contribution in [0.4, 0.5) is 0 Å². The Hall–Kier alpha value is -3.87. The van der Waals surface area contributed by atoms with E-state index in [1.165, 1.54) is 0 Å². The van der Waals surface area contributed by atoms with Crippen molar-refractivity contribution in [2.24, 2.45) is 0 Å². The number of carbonyl (C=O) groups is 7. The van der Waals surface area contributed by atoms with Crippen LogP contribution in [0.5, 0.6) is 0 Å². The highest BCUT2D eigenvalue weighted by atomic mass is 16.8. The third kappa shape index (κ3) is 10.7. The normalized spacial score (nSPS) is 31.5. The van der Waals surface area contributed by atoms with Gasteiger partial charge in [-0.15, -0.1) is 0 Å². The molecule has 0 aromatic heterocycles. The molecule has 18 heteroatoms. The Morgan fingerprint density at radius 1 is 0.568 bits per heavy atom. The molecule has 18 nitrogen and oxygen atoms in total. The molecule has 0 aromatic carbocycles. The fraction of sp³-hybridized carbons (Fsp3) is 0.731. The third-order valence-corrected chi connectivity index (χ3v) is 6.03. The molecule has 0 saturated carbocycles. The summed E-state index contributed by atoms with van der Waals surface area (Å²) in [7, 11) is 0. The molecule has 2 heterocycles. The highest BCUT2D eigenvalue weighted by molar-refractivity contribution is 5.73. The quantitative estimate of drug-likeness (QED) is 0.188. The molecule has 2 fully saturated rings. The molecule has 2 aliphatic heterocycles. The number of esters is 6. The molecule has 0 aliphatic carbocycles. The van der Waals surface area contributed by atoms with Gasteiger partial charge >= 0.3 is 35.8 Å². The van der Waals surface area contributed by atoms with Gasteiger partial charge in [-0.3, -0.25) is 33.6 Å². The van der Waals surface area contributed by atoms with E-state index in [9.17, 15) is 38.7 Å². The summed E-state index contributed by atoms with van der Waals surface area (Å²) in [6, 6.07) is -1.43. The lowest BCUT2D eigenvalue weighted by Crippen LogP contribution is -2.68. The molecule has 2 rings (SSSR count). The van der Waals surface area contributed by atoms with Crippen LogP contribution in [-0.4, -0.2) is 121 Å². The van der Waals surface area contributed by atoms with E-state index in [2.05, 4.69) is 5.32 Å². The number of ether oxygens (including phenoxy) is 9.